The molecule has 0 unspecified atom stereocenters. The molecule has 0 spiro atoms. The highest BCUT2D eigenvalue weighted by Gasteiger charge is 2.15. The topological polar surface area (TPSA) is 44.5 Å². The first kappa shape index (κ1) is 12.6. The van der Waals surface area contributed by atoms with Crippen LogP contribution in [0.3, 0.4) is 0 Å². The summed E-state index contributed by atoms with van der Waals surface area (Å²) >= 11 is 3.11. The van der Waals surface area contributed by atoms with Crippen molar-refractivity contribution in [3.05, 3.63) is 22.4 Å². The van der Waals surface area contributed by atoms with Crippen molar-refractivity contribution in [2.24, 2.45) is 0 Å². The Hall–Kier alpha value is -0.850. The van der Waals surface area contributed by atoms with Crippen molar-refractivity contribution in [1.82, 2.24) is 9.91 Å². The van der Waals surface area contributed by atoms with E-state index in [1.807, 2.05) is 0 Å². The molecular weight excluding hydrogens is 287 g/mol. The Morgan fingerprint density at radius 2 is 1.94 bits per heavy atom. The van der Waals surface area contributed by atoms with Crippen molar-refractivity contribution in [3.8, 4) is 0 Å². The molecule has 17 heavy (non-hydrogen) atoms. The maximum atomic E-state index is 13.4. The number of nitrogens with one attached hydrogen (secondary N) is 1. The molecule has 0 aliphatic carbocycles. The Morgan fingerprint density at radius 1 is 1.29 bits per heavy atom. The molecule has 0 amide bonds. The summed E-state index contributed by atoms with van der Waals surface area (Å²) in [5, 5.41) is 2.05. The summed E-state index contributed by atoms with van der Waals surface area (Å²) in [5.74, 6) is -0.309. The van der Waals surface area contributed by atoms with Crippen molar-refractivity contribution >= 4 is 27.3 Å². The summed E-state index contributed by atoms with van der Waals surface area (Å²) in [6.45, 7) is 3.78. The van der Waals surface area contributed by atoms with Gasteiger partial charge in [0.25, 0.3) is 0 Å². The number of nitrogens with zero attached hydrogens (tertiary/aromatic N) is 2. The maximum absolute atomic E-state index is 13.4. The number of piperazine rings is 1. The number of hydrazine groups is 1. The van der Waals surface area contributed by atoms with E-state index in [1.54, 1.807) is 6.07 Å². The van der Waals surface area contributed by atoms with Gasteiger partial charge in [-0.25, -0.2) is 9.40 Å². The highest BCUT2D eigenvalue weighted by atomic mass is 79.9. The predicted octanol–water partition coefficient (Wildman–Crippen LogP) is 1.74. The molecule has 0 bridgehead atoms. The van der Waals surface area contributed by atoms with Gasteiger partial charge in [0.2, 0.25) is 0 Å². The lowest BCUT2D eigenvalue weighted by Crippen LogP contribution is -2.47. The summed E-state index contributed by atoms with van der Waals surface area (Å²) in [7, 11) is 2.09. The van der Waals surface area contributed by atoms with Crippen molar-refractivity contribution in [2.75, 3.05) is 44.4 Å². The number of anilines is 2. The van der Waals surface area contributed by atoms with Gasteiger partial charge in [0, 0.05) is 32.2 Å². The van der Waals surface area contributed by atoms with Crippen LogP contribution in [0.4, 0.5) is 15.8 Å². The fourth-order valence-corrected chi connectivity index (χ4v) is 2.11. The molecule has 1 heterocycles. The fourth-order valence-electron chi connectivity index (χ4n) is 1.75. The zero-order valence-electron chi connectivity index (χ0n) is 9.71. The van der Waals surface area contributed by atoms with Crippen LogP contribution in [-0.2, 0) is 0 Å². The zero-order chi connectivity index (χ0) is 12.4. The highest BCUT2D eigenvalue weighted by molar-refractivity contribution is 9.10. The Kier molecular flexibility index (Phi) is 3.86. The molecule has 0 aromatic heterocycles. The lowest BCUT2D eigenvalue weighted by molar-refractivity contribution is 0.179. The van der Waals surface area contributed by atoms with Crippen LogP contribution >= 0.6 is 15.9 Å². The summed E-state index contributed by atoms with van der Waals surface area (Å²) in [6.07, 6.45) is 0. The third kappa shape index (κ3) is 3.08. The van der Waals surface area contributed by atoms with Crippen LogP contribution in [0.5, 0.6) is 0 Å². The Bertz CT molecular complexity index is 405. The minimum Gasteiger partial charge on any atom is -0.397 e. The third-order valence-electron chi connectivity index (χ3n) is 2.87. The summed E-state index contributed by atoms with van der Waals surface area (Å²) in [4.78, 5) is 2.25. The second-order valence-corrected chi connectivity index (χ2v) is 5.11. The van der Waals surface area contributed by atoms with Gasteiger partial charge in [0.15, 0.2) is 0 Å². The van der Waals surface area contributed by atoms with E-state index in [0.717, 1.165) is 26.2 Å². The molecule has 4 nitrogen and oxygen atoms in total. The molecule has 0 saturated carbocycles. The fraction of sp³-hybridized carbons (Fsp3) is 0.455. The molecule has 1 saturated heterocycles. The van der Waals surface area contributed by atoms with Crippen LogP contribution in [0.15, 0.2) is 16.6 Å². The van der Waals surface area contributed by atoms with Crippen LogP contribution in [-0.4, -0.2) is 43.1 Å². The van der Waals surface area contributed by atoms with Crippen molar-refractivity contribution in [2.45, 2.75) is 0 Å². The van der Waals surface area contributed by atoms with Gasteiger partial charge in [-0.05, 0) is 29.0 Å². The van der Waals surface area contributed by atoms with Gasteiger partial charge in [-0.1, -0.05) is 0 Å². The second kappa shape index (κ2) is 5.20. The number of halogens is 2. The van der Waals surface area contributed by atoms with Gasteiger partial charge in [-0.15, -0.1) is 0 Å². The third-order valence-corrected chi connectivity index (χ3v) is 3.48. The Balaban J connectivity index is 2.06. The van der Waals surface area contributed by atoms with Gasteiger partial charge in [0.1, 0.15) is 5.82 Å². The van der Waals surface area contributed by atoms with Gasteiger partial charge in [0.05, 0.1) is 15.8 Å². The number of benzene rings is 1. The standard InChI is InChI=1S/C11H16BrFN4/c1-16-2-4-17(5-3-16)15-11-7-9(13)8(12)6-10(11)14/h6-7,15H,2-5,14H2,1H3. The first-order chi connectivity index (χ1) is 8.06. The van der Waals surface area contributed by atoms with Gasteiger partial charge < -0.3 is 16.1 Å². The number of nitrogen functional groups attached to an aromatic ring is 1. The lowest BCUT2D eigenvalue weighted by atomic mass is 10.2. The number of hydrogen-bond acceptors (Lipinski definition) is 4. The maximum Gasteiger partial charge on any atom is 0.139 e. The first-order valence-electron chi connectivity index (χ1n) is 5.51. The van der Waals surface area contributed by atoms with Crippen LogP contribution in [0.25, 0.3) is 0 Å². The van der Waals surface area contributed by atoms with Crippen molar-refractivity contribution in [3.63, 3.8) is 0 Å². The average molecular weight is 303 g/mol. The first-order valence-corrected chi connectivity index (χ1v) is 6.30. The minimum atomic E-state index is -0.309. The SMILES string of the molecule is CN1CCN(Nc2cc(F)c(Br)cc2N)CC1. The average Bonchev–Trinajstić information content (AvgIpc) is 2.29. The van der Waals surface area contributed by atoms with Gasteiger partial charge in [-0.2, -0.15) is 0 Å². The van der Waals surface area contributed by atoms with E-state index in [0.29, 0.717) is 15.8 Å². The van der Waals surface area contributed by atoms with E-state index >= 15 is 0 Å². The predicted molar refractivity (Wildman–Crippen MR) is 71.2 cm³/mol. The van der Waals surface area contributed by atoms with Crippen LogP contribution in [0, 0.1) is 5.82 Å². The van der Waals surface area contributed by atoms with Crippen molar-refractivity contribution < 1.29 is 4.39 Å². The van der Waals surface area contributed by atoms with Crippen LogP contribution in [0.1, 0.15) is 0 Å². The van der Waals surface area contributed by atoms with Crippen molar-refractivity contribution in [1.29, 1.82) is 0 Å². The smallest absolute Gasteiger partial charge is 0.139 e. The Morgan fingerprint density at radius 3 is 2.59 bits per heavy atom. The molecule has 1 fully saturated rings. The molecule has 94 valence electrons. The number of nitrogens with two attached hydrogens (primary N) is 1. The molecule has 1 aliphatic rings. The summed E-state index contributed by atoms with van der Waals surface area (Å²) in [6, 6.07) is 2.99. The molecule has 0 radical (unpaired) electrons. The number of likely N-dealkylation sites (N-methyl/N-ethyl adjacent to an activating group) is 1. The molecule has 6 heteroatoms. The normalized spacial score (nSPS) is 18.3. The van der Waals surface area contributed by atoms with E-state index in [1.165, 1.54) is 6.07 Å². The quantitative estimate of drug-likeness (QED) is 0.817. The van der Waals surface area contributed by atoms with E-state index in [4.69, 9.17) is 5.73 Å². The number of hydrogen-bond donors (Lipinski definition) is 2. The van der Waals surface area contributed by atoms with Crippen LogP contribution in [0.2, 0.25) is 0 Å². The van der Waals surface area contributed by atoms with Gasteiger partial charge >= 0.3 is 0 Å². The van der Waals surface area contributed by atoms with E-state index in [-0.39, 0.29) is 5.82 Å². The molecule has 1 aromatic rings. The molecule has 1 aliphatic heterocycles. The second-order valence-electron chi connectivity index (χ2n) is 4.26. The molecule has 0 atom stereocenters. The monoisotopic (exact) mass is 302 g/mol. The molecule has 2 rings (SSSR count). The lowest BCUT2D eigenvalue weighted by Gasteiger charge is -2.33. The highest BCUT2D eigenvalue weighted by Crippen LogP contribution is 2.26. The van der Waals surface area contributed by atoms with E-state index in [9.17, 15) is 4.39 Å². The molecule has 3 N–H and O–H groups in total. The van der Waals surface area contributed by atoms with Gasteiger partial charge in [-0.3, -0.25) is 0 Å². The van der Waals surface area contributed by atoms with Crippen LogP contribution < -0.4 is 11.2 Å². The molecular formula is C11H16BrFN4. The zero-order valence-corrected chi connectivity index (χ0v) is 11.3. The Labute approximate surface area is 109 Å². The summed E-state index contributed by atoms with van der Waals surface area (Å²) < 4.78 is 13.8. The molecule has 1 aromatic carbocycles. The van der Waals surface area contributed by atoms with E-state index < -0.39 is 0 Å². The minimum absolute atomic E-state index is 0.309. The number of rotatable bonds is 2. The largest absolute Gasteiger partial charge is 0.397 e. The van der Waals surface area contributed by atoms with E-state index in [2.05, 4.69) is 38.3 Å². The summed E-state index contributed by atoms with van der Waals surface area (Å²) in [5.41, 5.74) is 10.2.